The van der Waals surface area contributed by atoms with Crippen LogP contribution in [0.4, 0.5) is 11.5 Å². The third-order valence-electron chi connectivity index (χ3n) is 3.38. The number of aromatic amines is 1. The minimum Gasteiger partial charge on any atom is -0.367 e. The van der Waals surface area contributed by atoms with Gasteiger partial charge in [0.15, 0.2) is 0 Å². The average Bonchev–Trinajstić information content (AvgIpc) is 2.55. The molecule has 2 heterocycles. The monoisotopic (exact) mass is 323 g/mol. The van der Waals surface area contributed by atoms with Crippen LogP contribution in [-0.4, -0.2) is 26.9 Å². The first kappa shape index (κ1) is 15.7. The summed E-state index contributed by atoms with van der Waals surface area (Å²) >= 11 is 0. The van der Waals surface area contributed by atoms with E-state index < -0.39 is 0 Å². The summed E-state index contributed by atoms with van der Waals surface area (Å²) < 4.78 is 0. The van der Waals surface area contributed by atoms with Crippen LogP contribution in [0.5, 0.6) is 0 Å². The van der Waals surface area contributed by atoms with Crippen molar-refractivity contribution in [2.24, 2.45) is 0 Å². The highest BCUT2D eigenvalue weighted by Crippen LogP contribution is 2.18. The van der Waals surface area contributed by atoms with Crippen LogP contribution in [0.25, 0.3) is 10.9 Å². The molecular formula is C17H17N5O2. The van der Waals surface area contributed by atoms with Crippen molar-refractivity contribution in [3.05, 3.63) is 58.8 Å². The zero-order valence-electron chi connectivity index (χ0n) is 13.3. The predicted molar refractivity (Wildman–Crippen MR) is 93.3 cm³/mol. The van der Waals surface area contributed by atoms with Gasteiger partial charge >= 0.3 is 0 Å². The van der Waals surface area contributed by atoms with Gasteiger partial charge < -0.3 is 15.6 Å². The summed E-state index contributed by atoms with van der Waals surface area (Å²) in [5.41, 5.74) is 1.27. The van der Waals surface area contributed by atoms with Crippen LogP contribution in [0.15, 0.2) is 47.7 Å². The van der Waals surface area contributed by atoms with Crippen LogP contribution in [0.3, 0.4) is 0 Å². The third kappa shape index (κ3) is 3.24. The molecular weight excluding hydrogens is 306 g/mol. The van der Waals surface area contributed by atoms with E-state index in [1.54, 1.807) is 36.5 Å². The molecule has 122 valence electrons. The number of aromatic nitrogens is 3. The molecule has 0 spiro atoms. The maximum atomic E-state index is 12.5. The van der Waals surface area contributed by atoms with E-state index in [0.29, 0.717) is 28.0 Å². The maximum Gasteiger partial charge on any atom is 0.259 e. The van der Waals surface area contributed by atoms with Gasteiger partial charge in [0.2, 0.25) is 0 Å². The van der Waals surface area contributed by atoms with Crippen molar-refractivity contribution in [1.29, 1.82) is 0 Å². The fourth-order valence-corrected chi connectivity index (χ4v) is 2.32. The van der Waals surface area contributed by atoms with Gasteiger partial charge in [-0.15, -0.1) is 0 Å². The summed E-state index contributed by atoms with van der Waals surface area (Å²) in [6.07, 6.45) is 2.98. The van der Waals surface area contributed by atoms with Crippen molar-refractivity contribution in [3.63, 3.8) is 0 Å². The molecule has 0 aliphatic heterocycles. The summed E-state index contributed by atoms with van der Waals surface area (Å²) in [6, 6.07) is 8.55. The van der Waals surface area contributed by atoms with Crippen molar-refractivity contribution in [3.8, 4) is 0 Å². The molecule has 0 fully saturated rings. The summed E-state index contributed by atoms with van der Waals surface area (Å²) in [7, 11) is 0. The molecule has 0 bridgehead atoms. The highest BCUT2D eigenvalue weighted by atomic mass is 16.1. The van der Waals surface area contributed by atoms with Crippen molar-refractivity contribution in [1.82, 2.24) is 15.0 Å². The number of carbonyl (C=O) groups excluding carboxylic acids is 1. The van der Waals surface area contributed by atoms with Gasteiger partial charge in [-0.1, -0.05) is 0 Å². The number of hydrogen-bond acceptors (Lipinski definition) is 5. The van der Waals surface area contributed by atoms with Gasteiger partial charge in [-0.2, -0.15) is 0 Å². The molecule has 3 N–H and O–H groups in total. The Kier molecular flexibility index (Phi) is 4.24. The smallest absolute Gasteiger partial charge is 0.259 e. The number of amides is 1. The van der Waals surface area contributed by atoms with E-state index in [1.165, 1.54) is 6.33 Å². The highest BCUT2D eigenvalue weighted by Gasteiger charge is 2.13. The van der Waals surface area contributed by atoms with Crippen molar-refractivity contribution < 1.29 is 4.79 Å². The molecule has 7 heteroatoms. The van der Waals surface area contributed by atoms with Gasteiger partial charge in [-0.25, -0.2) is 9.97 Å². The molecule has 0 unspecified atom stereocenters. The molecule has 0 saturated heterocycles. The first-order valence-corrected chi connectivity index (χ1v) is 7.55. The Balaban J connectivity index is 1.90. The molecule has 0 aliphatic rings. The van der Waals surface area contributed by atoms with Crippen LogP contribution >= 0.6 is 0 Å². The van der Waals surface area contributed by atoms with Gasteiger partial charge in [0.05, 0.1) is 22.8 Å². The lowest BCUT2D eigenvalue weighted by Gasteiger charge is -2.13. The second kappa shape index (κ2) is 6.49. The van der Waals surface area contributed by atoms with Crippen LogP contribution in [0, 0.1) is 0 Å². The molecule has 2 aromatic heterocycles. The summed E-state index contributed by atoms with van der Waals surface area (Å²) in [5, 5.41) is 6.35. The number of pyridine rings is 1. The molecule has 0 radical (unpaired) electrons. The van der Waals surface area contributed by atoms with Crippen LogP contribution in [-0.2, 0) is 0 Å². The minimum atomic E-state index is -0.300. The highest BCUT2D eigenvalue weighted by molar-refractivity contribution is 6.08. The van der Waals surface area contributed by atoms with E-state index >= 15 is 0 Å². The van der Waals surface area contributed by atoms with Gasteiger partial charge in [0.1, 0.15) is 5.82 Å². The average molecular weight is 323 g/mol. The number of fused-ring (bicyclic) bond motifs is 1. The van der Waals surface area contributed by atoms with E-state index in [9.17, 15) is 9.59 Å². The fraction of sp³-hybridized carbons (Fsp3) is 0.176. The van der Waals surface area contributed by atoms with E-state index in [2.05, 4.69) is 25.6 Å². The Bertz CT molecular complexity index is 949. The number of benzene rings is 1. The number of carbonyl (C=O) groups is 1. The van der Waals surface area contributed by atoms with Crippen molar-refractivity contribution in [2.75, 3.05) is 10.6 Å². The summed E-state index contributed by atoms with van der Waals surface area (Å²) in [5.74, 6) is 0.219. The molecule has 1 amide bonds. The maximum absolute atomic E-state index is 12.5. The molecule has 0 saturated carbocycles. The van der Waals surface area contributed by atoms with Gasteiger partial charge in [-0.05, 0) is 44.2 Å². The van der Waals surface area contributed by atoms with E-state index in [-0.39, 0.29) is 17.5 Å². The van der Waals surface area contributed by atoms with Gasteiger partial charge in [-0.3, -0.25) is 9.59 Å². The Hall–Kier alpha value is -3.22. The predicted octanol–water partition coefficient (Wildman–Crippen LogP) is 2.39. The van der Waals surface area contributed by atoms with Crippen LogP contribution in [0.2, 0.25) is 0 Å². The standard InChI is InChI=1S/C17H17N5O2/c1-10(2)21-15-12(4-3-7-18-15)17(24)22-11-5-6-14-13(8-11)16(23)20-9-19-14/h3-10H,1-2H3,(H,18,21)(H,22,24)(H,19,20,23). The fourth-order valence-electron chi connectivity index (χ4n) is 2.32. The van der Waals surface area contributed by atoms with Crippen LogP contribution in [0.1, 0.15) is 24.2 Å². The lowest BCUT2D eigenvalue weighted by Crippen LogP contribution is -2.19. The second-order valence-corrected chi connectivity index (χ2v) is 5.62. The molecule has 3 rings (SSSR count). The molecule has 3 aromatic rings. The SMILES string of the molecule is CC(C)Nc1ncccc1C(=O)Nc1ccc2nc[nH]c(=O)c2c1. The molecule has 24 heavy (non-hydrogen) atoms. The molecule has 0 atom stereocenters. The third-order valence-corrected chi connectivity index (χ3v) is 3.38. The number of rotatable bonds is 4. The Morgan fingerprint density at radius 2 is 2.04 bits per heavy atom. The normalized spacial score (nSPS) is 10.8. The largest absolute Gasteiger partial charge is 0.367 e. The topological polar surface area (TPSA) is 99.8 Å². The van der Waals surface area contributed by atoms with Gasteiger partial charge in [0.25, 0.3) is 11.5 Å². The number of anilines is 2. The quantitative estimate of drug-likeness (QED) is 0.684. The summed E-state index contributed by atoms with van der Waals surface area (Å²) in [6.45, 7) is 3.94. The van der Waals surface area contributed by atoms with Crippen molar-refractivity contribution >= 4 is 28.3 Å². The second-order valence-electron chi connectivity index (χ2n) is 5.62. The molecule has 1 aromatic carbocycles. The Labute approximate surface area is 138 Å². The molecule has 7 nitrogen and oxygen atoms in total. The first-order valence-electron chi connectivity index (χ1n) is 7.55. The van der Waals surface area contributed by atoms with E-state index in [1.807, 2.05) is 13.8 Å². The van der Waals surface area contributed by atoms with Crippen LogP contribution < -0.4 is 16.2 Å². The van der Waals surface area contributed by atoms with E-state index in [4.69, 9.17) is 0 Å². The minimum absolute atomic E-state index is 0.150. The van der Waals surface area contributed by atoms with Crippen molar-refractivity contribution in [2.45, 2.75) is 19.9 Å². The Morgan fingerprint density at radius 1 is 1.21 bits per heavy atom. The zero-order chi connectivity index (χ0) is 17.1. The molecule has 0 aliphatic carbocycles. The number of H-pyrrole nitrogens is 1. The summed E-state index contributed by atoms with van der Waals surface area (Å²) in [4.78, 5) is 35.2. The number of nitrogens with one attached hydrogen (secondary N) is 3. The lowest BCUT2D eigenvalue weighted by atomic mass is 10.2. The number of nitrogens with zero attached hydrogens (tertiary/aromatic N) is 2. The number of hydrogen-bond donors (Lipinski definition) is 3. The first-order chi connectivity index (χ1) is 11.5. The van der Waals surface area contributed by atoms with Gasteiger partial charge in [0, 0.05) is 17.9 Å². The lowest BCUT2D eigenvalue weighted by molar-refractivity contribution is 0.102. The van der Waals surface area contributed by atoms with E-state index in [0.717, 1.165) is 0 Å². The zero-order valence-corrected chi connectivity index (χ0v) is 13.3. The Morgan fingerprint density at radius 3 is 2.83 bits per heavy atom.